The molecule has 104 valence electrons. The minimum Gasteiger partial charge on any atom is -0.335 e. The number of hydrogen-bond donors (Lipinski definition) is 3. The predicted molar refractivity (Wildman–Crippen MR) is 69.3 cm³/mol. The van der Waals surface area contributed by atoms with Gasteiger partial charge in [-0.3, -0.25) is 0 Å². The first kappa shape index (κ1) is 13.6. The van der Waals surface area contributed by atoms with Crippen molar-refractivity contribution in [3.8, 4) is 0 Å². The molecule has 0 bridgehead atoms. The molecule has 1 aliphatic carbocycles. The molecule has 5 heteroatoms. The number of nitrogens with one attached hydrogen (secondary N) is 3. The minimum absolute atomic E-state index is 0.000865. The van der Waals surface area contributed by atoms with Gasteiger partial charge in [0.1, 0.15) is 6.17 Å². The van der Waals surface area contributed by atoms with E-state index in [1.807, 2.05) is 0 Å². The van der Waals surface area contributed by atoms with Gasteiger partial charge >= 0.3 is 6.03 Å². The number of hydrogen-bond acceptors (Lipinski definition) is 2. The fraction of sp³-hybridized carbons (Fsp3) is 0.923. The lowest BCUT2D eigenvalue weighted by Gasteiger charge is -2.36. The van der Waals surface area contributed by atoms with Crippen molar-refractivity contribution in [1.29, 1.82) is 0 Å². The summed E-state index contributed by atoms with van der Waals surface area (Å²) in [5.74, 6) is 0. The molecule has 1 heterocycles. The summed E-state index contributed by atoms with van der Waals surface area (Å²) in [7, 11) is 0. The van der Waals surface area contributed by atoms with Crippen molar-refractivity contribution >= 4 is 6.03 Å². The van der Waals surface area contributed by atoms with Gasteiger partial charge in [0.2, 0.25) is 0 Å². The van der Waals surface area contributed by atoms with Gasteiger partial charge in [-0.2, -0.15) is 0 Å². The standard InChI is InChI=1S/C13H24FN3O/c1-13(5-7-15-8-6-13)17-12(18)16-11-4-2-3-10(14)9-11/h10-11,15H,2-9H2,1H3,(H2,16,17,18). The van der Waals surface area contributed by atoms with E-state index in [-0.39, 0.29) is 17.6 Å². The highest BCUT2D eigenvalue weighted by molar-refractivity contribution is 5.75. The zero-order valence-corrected chi connectivity index (χ0v) is 11.1. The molecule has 0 aromatic rings. The van der Waals surface area contributed by atoms with Gasteiger partial charge in [0.25, 0.3) is 0 Å². The van der Waals surface area contributed by atoms with Crippen molar-refractivity contribution in [1.82, 2.24) is 16.0 Å². The molecule has 0 aromatic carbocycles. The van der Waals surface area contributed by atoms with Crippen LogP contribution in [0.5, 0.6) is 0 Å². The van der Waals surface area contributed by atoms with Gasteiger partial charge in [0, 0.05) is 11.6 Å². The Kier molecular flexibility index (Phi) is 4.43. The second kappa shape index (κ2) is 5.87. The minimum atomic E-state index is -0.751. The van der Waals surface area contributed by atoms with Crippen molar-refractivity contribution < 1.29 is 9.18 Å². The van der Waals surface area contributed by atoms with E-state index < -0.39 is 6.17 Å². The Bertz CT molecular complexity index is 292. The number of alkyl halides is 1. The largest absolute Gasteiger partial charge is 0.335 e. The summed E-state index contributed by atoms with van der Waals surface area (Å²) in [6.45, 7) is 3.95. The SMILES string of the molecule is CC1(NC(=O)NC2CCCC(F)C2)CCNCC1. The maximum absolute atomic E-state index is 13.2. The average Bonchev–Trinajstić information content (AvgIpc) is 2.28. The quantitative estimate of drug-likeness (QED) is 0.705. The molecule has 4 nitrogen and oxygen atoms in total. The Morgan fingerprint density at radius 1 is 1.33 bits per heavy atom. The van der Waals surface area contributed by atoms with Crippen LogP contribution < -0.4 is 16.0 Å². The lowest BCUT2D eigenvalue weighted by atomic mass is 9.90. The van der Waals surface area contributed by atoms with Crippen molar-refractivity contribution in [2.75, 3.05) is 13.1 Å². The first-order chi connectivity index (χ1) is 8.57. The lowest BCUT2D eigenvalue weighted by molar-refractivity contribution is 0.190. The fourth-order valence-corrected chi connectivity index (χ4v) is 2.86. The number of carbonyl (C=O) groups is 1. The molecule has 2 aliphatic rings. The molecule has 18 heavy (non-hydrogen) atoms. The predicted octanol–water partition coefficient (Wildman–Crippen LogP) is 1.71. The van der Waals surface area contributed by atoms with Crippen LogP contribution in [0.1, 0.15) is 45.4 Å². The number of rotatable bonds is 2. The van der Waals surface area contributed by atoms with Crippen LogP contribution in [0.4, 0.5) is 9.18 Å². The normalized spacial score (nSPS) is 31.7. The molecular formula is C13H24FN3O. The summed E-state index contributed by atoms with van der Waals surface area (Å²) < 4.78 is 13.2. The Labute approximate surface area is 108 Å². The summed E-state index contributed by atoms with van der Waals surface area (Å²) in [5.41, 5.74) is -0.126. The van der Waals surface area contributed by atoms with Gasteiger partial charge in [-0.05, 0) is 58.5 Å². The highest BCUT2D eigenvalue weighted by Crippen LogP contribution is 2.21. The highest BCUT2D eigenvalue weighted by Gasteiger charge is 2.29. The zero-order valence-electron chi connectivity index (χ0n) is 11.1. The molecule has 2 unspecified atom stereocenters. The zero-order chi connectivity index (χ0) is 13.0. The van der Waals surface area contributed by atoms with E-state index in [9.17, 15) is 9.18 Å². The third kappa shape index (κ3) is 3.83. The molecular weight excluding hydrogens is 233 g/mol. The summed E-state index contributed by atoms with van der Waals surface area (Å²) in [6.07, 6.45) is 4.00. The second-order valence-electron chi connectivity index (χ2n) is 5.87. The Morgan fingerprint density at radius 2 is 2.06 bits per heavy atom. The summed E-state index contributed by atoms with van der Waals surface area (Å²) in [5, 5.41) is 9.24. The van der Waals surface area contributed by atoms with Crippen molar-refractivity contribution in [3.05, 3.63) is 0 Å². The van der Waals surface area contributed by atoms with Crippen molar-refractivity contribution in [2.45, 2.75) is 63.2 Å². The molecule has 2 amide bonds. The number of amides is 2. The Balaban J connectivity index is 1.77. The second-order valence-corrected chi connectivity index (χ2v) is 5.87. The molecule has 1 saturated carbocycles. The van der Waals surface area contributed by atoms with E-state index in [0.717, 1.165) is 38.8 Å². The van der Waals surface area contributed by atoms with Gasteiger partial charge in [-0.1, -0.05) is 0 Å². The molecule has 3 N–H and O–H groups in total. The van der Waals surface area contributed by atoms with Gasteiger partial charge in [0.05, 0.1) is 0 Å². The van der Waals surface area contributed by atoms with E-state index in [2.05, 4.69) is 22.9 Å². The van der Waals surface area contributed by atoms with Crippen LogP contribution in [0.25, 0.3) is 0 Å². The van der Waals surface area contributed by atoms with E-state index in [1.54, 1.807) is 0 Å². The van der Waals surface area contributed by atoms with E-state index in [1.165, 1.54) is 0 Å². The number of halogens is 1. The molecule has 1 aliphatic heterocycles. The molecule has 1 saturated heterocycles. The molecule has 2 atom stereocenters. The van der Waals surface area contributed by atoms with Crippen LogP contribution >= 0.6 is 0 Å². The van der Waals surface area contributed by atoms with Gasteiger partial charge in [0.15, 0.2) is 0 Å². The van der Waals surface area contributed by atoms with E-state index in [0.29, 0.717) is 12.8 Å². The first-order valence-corrected chi connectivity index (χ1v) is 7.01. The monoisotopic (exact) mass is 257 g/mol. The highest BCUT2D eigenvalue weighted by atomic mass is 19.1. The Hall–Kier alpha value is -0.840. The summed E-state index contributed by atoms with van der Waals surface area (Å²) in [4.78, 5) is 11.9. The van der Waals surface area contributed by atoms with Crippen LogP contribution in [0, 0.1) is 0 Å². The van der Waals surface area contributed by atoms with Gasteiger partial charge in [-0.15, -0.1) is 0 Å². The number of urea groups is 1. The summed E-state index contributed by atoms with van der Waals surface area (Å²) in [6, 6.07) is -0.141. The van der Waals surface area contributed by atoms with E-state index in [4.69, 9.17) is 0 Å². The molecule has 2 fully saturated rings. The molecule has 0 spiro atoms. The van der Waals surface area contributed by atoms with Crippen molar-refractivity contribution in [3.63, 3.8) is 0 Å². The number of carbonyl (C=O) groups excluding carboxylic acids is 1. The lowest BCUT2D eigenvalue weighted by Crippen LogP contribution is -2.56. The smallest absolute Gasteiger partial charge is 0.315 e. The van der Waals surface area contributed by atoms with Crippen LogP contribution in [0.15, 0.2) is 0 Å². The molecule has 0 radical (unpaired) electrons. The van der Waals surface area contributed by atoms with E-state index >= 15 is 0 Å². The maximum Gasteiger partial charge on any atom is 0.315 e. The first-order valence-electron chi connectivity index (χ1n) is 7.01. The van der Waals surface area contributed by atoms with Crippen LogP contribution in [-0.2, 0) is 0 Å². The molecule has 2 rings (SSSR count). The topological polar surface area (TPSA) is 53.2 Å². The molecule has 0 aromatic heterocycles. The maximum atomic E-state index is 13.2. The van der Waals surface area contributed by atoms with Crippen LogP contribution in [-0.4, -0.2) is 36.9 Å². The Morgan fingerprint density at radius 3 is 2.72 bits per heavy atom. The number of piperidine rings is 1. The summed E-state index contributed by atoms with van der Waals surface area (Å²) >= 11 is 0. The van der Waals surface area contributed by atoms with Gasteiger partial charge in [-0.25, -0.2) is 9.18 Å². The van der Waals surface area contributed by atoms with Crippen molar-refractivity contribution in [2.24, 2.45) is 0 Å². The third-order valence-electron chi connectivity index (χ3n) is 4.07. The van der Waals surface area contributed by atoms with Gasteiger partial charge < -0.3 is 16.0 Å². The average molecular weight is 257 g/mol. The van der Waals surface area contributed by atoms with Crippen LogP contribution in [0.2, 0.25) is 0 Å². The fourth-order valence-electron chi connectivity index (χ4n) is 2.86. The van der Waals surface area contributed by atoms with Crippen LogP contribution in [0.3, 0.4) is 0 Å². The third-order valence-corrected chi connectivity index (χ3v) is 4.07.